The molecule has 1 amide bonds. The Morgan fingerprint density at radius 3 is 2.68 bits per heavy atom. The number of benzene rings is 2. The number of nitrogens with one attached hydrogen (secondary N) is 2. The molecule has 0 heterocycles. The van der Waals surface area contributed by atoms with E-state index in [1.165, 1.54) is 0 Å². The van der Waals surface area contributed by atoms with E-state index in [2.05, 4.69) is 17.2 Å². The first-order valence-corrected chi connectivity index (χ1v) is 8.55. The van der Waals surface area contributed by atoms with Crippen molar-refractivity contribution in [3.8, 4) is 5.75 Å². The van der Waals surface area contributed by atoms with Gasteiger partial charge in [0.1, 0.15) is 12.4 Å². The Balaban J connectivity index is 1.86. The number of hydrogen-bond donors (Lipinski definition) is 2. The summed E-state index contributed by atoms with van der Waals surface area (Å²) in [7, 11) is 0. The number of para-hydroxylation sites is 2. The molecular weight excluding hydrogens is 356 g/mol. The normalized spacial score (nSPS) is 9.96. The van der Waals surface area contributed by atoms with Crippen molar-refractivity contribution < 1.29 is 9.53 Å². The maximum absolute atomic E-state index is 12.1. The lowest BCUT2D eigenvalue weighted by atomic mass is 10.1. The summed E-state index contributed by atoms with van der Waals surface area (Å²) in [5.74, 6) is 0.456. The van der Waals surface area contributed by atoms with Gasteiger partial charge < -0.3 is 15.4 Å². The Morgan fingerprint density at radius 2 is 1.92 bits per heavy atom. The highest BCUT2D eigenvalue weighted by atomic mass is 35.5. The molecule has 4 nitrogen and oxygen atoms in total. The van der Waals surface area contributed by atoms with Gasteiger partial charge in [-0.1, -0.05) is 54.6 Å². The molecule has 2 aromatic carbocycles. The number of anilines is 1. The lowest BCUT2D eigenvalue weighted by Crippen LogP contribution is -2.34. The summed E-state index contributed by atoms with van der Waals surface area (Å²) >= 11 is 11.3. The van der Waals surface area contributed by atoms with Crippen LogP contribution in [0.3, 0.4) is 0 Å². The third-order valence-corrected chi connectivity index (χ3v) is 3.90. The highest BCUT2D eigenvalue weighted by molar-refractivity contribution is 7.80. The third-order valence-electron chi connectivity index (χ3n) is 3.32. The average Bonchev–Trinajstić information content (AvgIpc) is 2.60. The molecule has 0 aromatic heterocycles. The number of carbonyl (C=O) groups excluding carboxylic acids is 1. The molecule has 0 unspecified atom stereocenters. The first-order chi connectivity index (χ1) is 12.1. The minimum absolute atomic E-state index is 0.179. The quantitative estimate of drug-likeness (QED) is 0.558. The number of thiocarbonyl (C=S) groups is 1. The van der Waals surface area contributed by atoms with Gasteiger partial charge in [0.15, 0.2) is 5.11 Å². The number of ether oxygens (including phenoxy) is 1. The van der Waals surface area contributed by atoms with Crippen LogP contribution in [0.15, 0.2) is 61.2 Å². The van der Waals surface area contributed by atoms with E-state index in [-0.39, 0.29) is 11.0 Å². The molecule has 2 aromatic rings. The molecule has 0 spiro atoms. The van der Waals surface area contributed by atoms with Crippen LogP contribution in [0, 0.1) is 0 Å². The van der Waals surface area contributed by atoms with E-state index in [0.29, 0.717) is 35.9 Å². The maximum Gasteiger partial charge on any atom is 0.226 e. The minimum Gasteiger partial charge on any atom is -0.487 e. The molecule has 0 aliphatic heterocycles. The van der Waals surface area contributed by atoms with Crippen LogP contribution in [0.5, 0.6) is 5.75 Å². The molecular formula is C19H19ClN2O2S. The van der Waals surface area contributed by atoms with Crippen molar-refractivity contribution in [2.24, 2.45) is 0 Å². The predicted molar refractivity (Wildman–Crippen MR) is 106 cm³/mol. The number of carbonyl (C=O) groups is 1. The van der Waals surface area contributed by atoms with Crippen molar-refractivity contribution in [1.29, 1.82) is 0 Å². The van der Waals surface area contributed by atoms with E-state index < -0.39 is 0 Å². The standard InChI is InChI=1S/C19H19ClN2O2S/c1-2-13-24-17-10-6-5-9-16(17)21-19(25)22-18(23)12-11-14-7-3-4-8-15(14)20/h2-10H,1,11-13H2,(H2,21,22,23,25). The van der Waals surface area contributed by atoms with Crippen LogP contribution in [0.1, 0.15) is 12.0 Å². The van der Waals surface area contributed by atoms with E-state index in [9.17, 15) is 4.79 Å². The summed E-state index contributed by atoms with van der Waals surface area (Å²) in [6, 6.07) is 14.8. The zero-order valence-corrected chi connectivity index (χ0v) is 15.2. The lowest BCUT2D eigenvalue weighted by Gasteiger charge is -2.13. The number of aryl methyl sites for hydroxylation is 1. The molecule has 0 aliphatic carbocycles. The highest BCUT2D eigenvalue weighted by Crippen LogP contribution is 2.23. The molecule has 2 rings (SSSR count). The minimum atomic E-state index is -0.179. The van der Waals surface area contributed by atoms with E-state index in [4.69, 9.17) is 28.6 Å². The molecule has 6 heteroatoms. The summed E-state index contributed by atoms with van der Waals surface area (Å²) < 4.78 is 5.54. The second-order valence-electron chi connectivity index (χ2n) is 5.19. The number of halogens is 1. The van der Waals surface area contributed by atoms with E-state index >= 15 is 0 Å². The van der Waals surface area contributed by atoms with Crippen molar-refractivity contribution in [3.63, 3.8) is 0 Å². The van der Waals surface area contributed by atoms with E-state index in [1.807, 2.05) is 42.5 Å². The Morgan fingerprint density at radius 1 is 1.20 bits per heavy atom. The average molecular weight is 375 g/mol. The van der Waals surface area contributed by atoms with Gasteiger partial charge in [0.25, 0.3) is 0 Å². The maximum atomic E-state index is 12.1. The van der Waals surface area contributed by atoms with Crippen molar-refractivity contribution in [3.05, 3.63) is 71.8 Å². The van der Waals surface area contributed by atoms with Crippen molar-refractivity contribution >= 4 is 40.5 Å². The summed E-state index contributed by atoms with van der Waals surface area (Å²) in [6.45, 7) is 4.00. The topological polar surface area (TPSA) is 50.4 Å². The fraction of sp³-hybridized carbons (Fsp3) is 0.158. The molecule has 2 N–H and O–H groups in total. The number of amides is 1. The van der Waals surface area contributed by atoms with Gasteiger partial charge in [-0.25, -0.2) is 0 Å². The Labute approximate surface area is 157 Å². The van der Waals surface area contributed by atoms with Gasteiger partial charge in [-0.15, -0.1) is 0 Å². The van der Waals surface area contributed by atoms with Crippen LogP contribution in [0.25, 0.3) is 0 Å². The Hall–Kier alpha value is -2.37. The monoisotopic (exact) mass is 374 g/mol. The first-order valence-electron chi connectivity index (χ1n) is 7.77. The van der Waals surface area contributed by atoms with E-state index in [0.717, 1.165) is 5.56 Å². The summed E-state index contributed by atoms with van der Waals surface area (Å²) in [5, 5.41) is 6.52. The second kappa shape index (κ2) is 9.81. The molecule has 130 valence electrons. The van der Waals surface area contributed by atoms with Gasteiger partial charge in [-0.2, -0.15) is 0 Å². The third kappa shape index (κ3) is 6.21. The van der Waals surface area contributed by atoms with Crippen molar-refractivity contribution in [2.45, 2.75) is 12.8 Å². The van der Waals surface area contributed by atoms with Gasteiger partial charge >= 0.3 is 0 Å². The van der Waals surface area contributed by atoms with Crippen LogP contribution >= 0.6 is 23.8 Å². The van der Waals surface area contributed by atoms with Gasteiger partial charge in [-0.05, 0) is 42.4 Å². The van der Waals surface area contributed by atoms with Crippen molar-refractivity contribution in [2.75, 3.05) is 11.9 Å². The second-order valence-corrected chi connectivity index (χ2v) is 6.00. The van der Waals surface area contributed by atoms with Crippen LogP contribution < -0.4 is 15.4 Å². The molecule has 0 aliphatic rings. The van der Waals surface area contributed by atoms with Crippen LogP contribution in [-0.2, 0) is 11.2 Å². The summed E-state index contributed by atoms with van der Waals surface area (Å²) in [6.07, 6.45) is 2.50. The molecule has 0 saturated carbocycles. The van der Waals surface area contributed by atoms with Gasteiger partial charge in [0.05, 0.1) is 5.69 Å². The van der Waals surface area contributed by atoms with Gasteiger partial charge in [0.2, 0.25) is 5.91 Å². The predicted octanol–water partition coefficient (Wildman–Crippen LogP) is 4.35. The van der Waals surface area contributed by atoms with Crippen molar-refractivity contribution in [1.82, 2.24) is 5.32 Å². The Bertz CT molecular complexity index is 765. The largest absolute Gasteiger partial charge is 0.487 e. The van der Waals surface area contributed by atoms with Gasteiger partial charge in [0, 0.05) is 11.4 Å². The molecule has 0 bridgehead atoms. The molecule has 0 radical (unpaired) electrons. The fourth-order valence-corrected chi connectivity index (χ4v) is 2.59. The van der Waals surface area contributed by atoms with E-state index in [1.54, 1.807) is 12.1 Å². The smallest absolute Gasteiger partial charge is 0.226 e. The summed E-state index contributed by atoms with van der Waals surface area (Å²) in [4.78, 5) is 12.1. The van der Waals surface area contributed by atoms with Crippen LogP contribution in [0.4, 0.5) is 5.69 Å². The van der Waals surface area contributed by atoms with Crippen LogP contribution in [-0.4, -0.2) is 17.6 Å². The molecule has 0 atom stereocenters. The molecule has 25 heavy (non-hydrogen) atoms. The lowest BCUT2D eigenvalue weighted by molar-refractivity contribution is -0.119. The molecule has 0 saturated heterocycles. The van der Waals surface area contributed by atoms with Crippen LogP contribution in [0.2, 0.25) is 5.02 Å². The number of hydrogen-bond acceptors (Lipinski definition) is 3. The highest BCUT2D eigenvalue weighted by Gasteiger charge is 2.09. The first kappa shape index (κ1) is 19.0. The SMILES string of the molecule is C=CCOc1ccccc1NC(=S)NC(=O)CCc1ccccc1Cl. The van der Waals surface area contributed by atoms with Gasteiger partial charge in [-0.3, -0.25) is 4.79 Å². The summed E-state index contributed by atoms with van der Waals surface area (Å²) in [5.41, 5.74) is 1.61. The Kier molecular flexibility index (Phi) is 7.44. The molecule has 0 fully saturated rings. The zero-order chi connectivity index (χ0) is 18.1. The fourth-order valence-electron chi connectivity index (χ4n) is 2.14. The zero-order valence-electron chi connectivity index (χ0n) is 13.6. The number of rotatable bonds is 7.